The fourth-order valence-corrected chi connectivity index (χ4v) is 3.78. The maximum absolute atomic E-state index is 13.1. The Balaban J connectivity index is 1.73. The van der Waals surface area contributed by atoms with Gasteiger partial charge in [-0.2, -0.15) is 0 Å². The van der Waals surface area contributed by atoms with Crippen molar-refractivity contribution in [1.82, 2.24) is 14.0 Å². The number of aromatic nitrogens is 2. The molecule has 2 unspecified atom stereocenters. The van der Waals surface area contributed by atoms with Gasteiger partial charge in [-0.15, -0.1) is 0 Å². The molecule has 1 fully saturated rings. The van der Waals surface area contributed by atoms with Crippen molar-refractivity contribution in [3.63, 3.8) is 0 Å². The Morgan fingerprint density at radius 2 is 1.90 bits per heavy atom. The summed E-state index contributed by atoms with van der Waals surface area (Å²) in [6.45, 7) is 3.82. The standard InChI is InChI=1S/C21H28N4O4/c1-14(18(26)17-19(22)23(2)21(28)24(3)20(17)27)25-11-7-8-15(12-25)13-29-16-9-5-4-6-10-16/h4-6,9-10,14-15H,7-8,11-13,22H2,1-3H3. The summed E-state index contributed by atoms with van der Waals surface area (Å²) >= 11 is 0. The summed E-state index contributed by atoms with van der Waals surface area (Å²) in [4.78, 5) is 39.7. The summed E-state index contributed by atoms with van der Waals surface area (Å²) < 4.78 is 7.93. The van der Waals surface area contributed by atoms with Gasteiger partial charge in [0.2, 0.25) is 0 Å². The van der Waals surface area contributed by atoms with Crippen molar-refractivity contribution in [1.29, 1.82) is 0 Å². The summed E-state index contributed by atoms with van der Waals surface area (Å²) in [7, 11) is 2.81. The van der Waals surface area contributed by atoms with Crippen molar-refractivity contribution in [3.05, 3.63) is 56.7 Å². The van der Waals surface area contributed by atoms with Gasteiger partial charge in [0.25, 0.3) is 5.56 Å². The molecule has 2 N–H and O–H groups in total. The van der Waals surface area contributed by atoms with Gasteiger partial charge < -0.3 is 10.5 Å². The first-order valence-electron chi connectivity index (χ1n) is 9.82. The molecule has 1 aliphatic rings. The molecule has 1 aliphatic heterocycles. The number of hydrogen-bond acceptors (Lipinski definition) is 6. The molecule has 0 amide bonds. The third kappa shape index (κ3) is 4.27. The first kappa shape index (κ1) is 20.9. The lowest BCUT2D eigenvalue weighted by atomic mass is 9.95. The number of carbonyl (C=O) groups excluding carboxylic acids is 1. The van der Waals surface area contributed by atoms with E-state index in [1.807, 2.05) is 30.3 Å². The number of nitrogens with two attached hydrogens (primary N) is 1. The SMILES string of the molecule is CC(C(=O)c1c(N)n(C)c(=O)n(C)c1=O)N1CCCC(COc2ccccc2)C1. The number of likely N-dealkylation sites (tertiary alicyclic amines) is 1. The van der Waals surface area contributed by atoms with E-state index in [1.165, 1.54) is 14.1 Å². The van der Waals surface area contributed by atoms with E-state index < -0.39 is 17.3 Å². The van der Waals surface area contributed by atoms with Gasteiger partial charge in [0.05, 0.1) is 12.6 Å². The van der Waals surface area contributed by atoms with Crippen molar-refractivity contribution in [2.24, 2.45) is 20.0 Å². The van der Waals surface area contributed by atoms with Crippen LogP contribution in [0.2, 0.25) is 0 Å². The lowest BCUT2D eigenvalue weighted by Crippen LogP contribution is -2.49. The van der Waals surface area contributed by atoms with Gasteiger partial charge in [-0.3, -0.25) is 23.6 Å². The van der Waals surface area contributed by atoms with E-state index >= 15 is 0 Å². The van der Waals surface area contributed by atoms with Crippen LogP contribution < -0.4 is 21.7 Å². The minimum Gasteiger partial charge on any atom is -0.493 e. The number of benzene rings is 1. The van der Waals surface area contributed by atoms with Crippen LogP contribution in [0.3, 0.4) is 0 Å². The molecular weight excluding hydrogens is 372 g/mol. The van der Waals surface area contributed by atoms with Gasteiger partial charge in [0.15, 0.2) is 5.78 Å². The minimum atomic E-state index is -0.650. The third-order valence-corrected chi connectivity index (χ3v) is 5.66. The van der Waals surface area contributed by atoms with E-state index in [0.29, 0.717) is 19.1 Å². The molecule has 0 radical (unpaired) electrons. The number of anilines is 1. The summed E-state index contributed by atoms with van der Waals surface area (Å²) in [5.74, 6) is 0.675. The molecule has 3 rings (SSSR count). The van der Waals surface area contributed by atoms with E-state index in [1.54, 1.807) is 6.92 Å². The first-order valence-corrected chi connectivity index (χ1v) is 9.82. The average molecular weight is 400 g/mol. The molecule has 1 aromatic heterocycles. The number of Topliss-reactive ketones (excluding diaryl/α,β-unsaturated/α-hetero) is 1. The summed E-state index contributed by atoms with van der Waals surface area (Å²) in [6.07, 6.45) is 1.97. The number of nitrogens with zero attached hydrogens (tertiary/aromatic N) is 3. The number of ether oxygens (including phenoxy) is 1. The Labute approximate surface area is 169 Å². The van der Waals surface area contributed by atoms with Gasteiger partial charge in [-0.05, 0) is 38.4 Å². The monoisotopic (exact) mass is 400 g/mol. The van der Waals surface area contributed by atoms with Crippen LogP contribution in [0.4, 0.5) is 5.82 Å². The Morgan fingerprint density at radius 3 is 2.59 bits per heavy atom. The molecule has 2 aromatic rings. The number of carbonyl (C=O) groups is 1. The Morgan fingerprint density at radius 1 is 1.21 bits per heavy atom. The van der Waals surface area contributed by atoms with Gasteiger partial charge >= 0.3 is 5.69 Å². The molecule has 2 heterocycles. The largest absolute Gasteiger partial charge is 0.493 e. The molecule has 0 bridgehead atoms. The molecule has 29 heavy (non-hydrogen) atoms. The molecule has 0 aliphatic carbocycles. The molecule has 0 saturated carbocycles. The van der Waals surface area contributed by atoms with Gasteiger partial charge in [-0.25, -0.2) is 4.79 Å². The van der Waals surface area contributed by atoms with Gasteiger partial charge in [-0.1, -0.05) is 18.2 Å². The van der Waals surface area contributed by atoms with Crippen molar-refractivity contribution in [2.45, 2.75) is 25.8 Å². The molecule has 8 nitrogen and oxygen atoms in total. The number of para-hydroxylation sites is 1. The molecule has 8 heteroatoms. The summed E-state index contributed by atoms with van der Waals surface area (Å²) in [5, 5.41) is 0. The molecule has 156 valence electrons. The quantitative estimate of drug-likeness (QED) is 0.727. The average Bonchev–Trinajstić information content (AvgIpc) is 2.75. The third-order valence-electron chi connectivity index (χ3n) is 5.66. The highest BCUT2D eigenvalue weighted by atomic mass is 16.5. The number of hydrogen-bond donors (Lipinski definition) is 1. The fourth-order valence-electron chi connectivity index (χ4n) is 3.78. The van der Waals surface area contributed by atoms with Crippen LogP contribution in [0.5, 0.6) is 5.75 Å². The van der Waals surface area contributed by atoms with Crippen LogP contribution in [0.1, 0.15) is 30.1 Å². The second-order valence-electron chi connectivity index (χ2n) is 7.63. The second-order valence-corrected chi connectivity index (χ2v) is 7.63. The second kappa shape index (κ2) is 8.65. The molecule has 2 atom stereocenters. The summed E-state index contributed by atoms with van der Waals surface area (Å²) in [5.41, 5.74) is 4.63. The van der Waals surface area contributed by atoms with Crippen LogP contribution in [0.15, 0.2) is 39.9 Å². The Hall–Kier alpha value is -2.87. The predicted octanol–water partition coefficient (Wildman–Crippen LogP) is 1.03. The van der Waals surface area contributed by atoms with Crippen LogP contribution in [0.25, 0.3) is 0 Å². The van der Waals surface area contributed by atoms with Crippen molar-refractivity contribution in [2.75, 3.05) is 25.4 Å². The zero-order chi connectivity index (χ0) is 21.1. The first-order chi connectivity index (χ1) is 13.8. The molecular formula is C21H28N4O4. The van der Waals surface area contributed by atoms with Crippen LogP contribution >= 0.6 is 0 Å². The highest BCUT2D eigenvalue weighted by Gasteiger charge is 2.31. The minimum absolute atomic E-state index is 0.0871. The van der Waals surface area contributed by atoms with Crippen LogP contribution in [-0.2, 0) is 14.1 Å². The molecule has 1 aromatic carbocycles. The number of nitrogen functional groups attached to an aromatic ring is 1. The zero-order valence-electron chi connectivity index (χ0n) is 17.1. The van der Waals surface area contributed by atoms with Crippen molar-refractivity contribution in [3.8, 4) is 5.75 Å². The fraction of sp³-hybridized carbons (Fsp3) is 0.476. The maximum Gasteiger partial charge on any atom is 0.332 e. The number of piperidine rings is 1. The van der Waals surface area contributed by atoms with Crippen LogP contribution in [-0.4, -0.2) is 45.6 Å². The normalized spacial score (nSPS) is 18.4. The molecule has 0 spiro atoms. The van der Waals surface area contributed by atoms with E-state index in [9.17, 15) is 14.4 Å². The predicted molar refractivity (Wildman–Crippen MR) is 111 cm³/mol. The Bertz CT molecular complexity index is 996. The van der Waals surface area contributed by atoms with Gasteiger partial charge in [0.1, 0.15) is 17.1 Å². The van der Waals surface area contributed by atoms with E-state index in [0.717, 1.165) is 34.3 Å². The van der Waals surface area contributed by atoms with Crippen molar-refractivity contribution < 1.29 is 9.53 Å². The van der Waals surface area contributed by atoms with E-state index in [2.05, 4.69) is 4.90 Å². The van der Waals surface area contributed by atoms with E-state index in [-0.39, 0.29) is 17.2 Å². The number of rotatable bonds is 6. The highest BCUT2D eigenvalue weighted by molar-refractivity contribution is 6.03. The lowest BCUT2D eigenvalue weighted by Gasteiger charge is -2.36. The van der Waals surface area contributed by atoms with Gasteiger partial charge in [0, 0.05) is 26.6 Å². The lowest BCUT2D eigenvalue weighted by molar-refractivity contribution is 0.0692. The van der Waals surface area contributed by atoms with Crippen molar-refractivity contribution >= 4 is 11.6 Å². The van der Waals surface area contributed by atoms with Crippen LogP contribution in [0, 0.1) is 5.92 Å². The maximum atomic E-state index is 13.1. The zero-order valence-corrected chi connectivity index (χ0v) is 17.1. The highest BCUT2D eigenvalue weighted by Crippen LogP contribution is 2.22. The van der Waals surface area contributed by atoms with E-state index in [4.69, 9.17) is 10.5 Å². The summed E-state index contributed by atoms with van der Waals surface area (Å²) in [6, 6.07) is 9.14. The molecule has 1 saturated heterocycles. The smallest absolute Gasteiger partial charge is 0.332 e. The number of ketones is 1. The topological polar surface area (TPSA) is 99.6 Å². The Kier molecular flexibility index (Phi) is 6.22.